The fraction of sp³-hybridized carbons (Fsp3) is 0.809. The second-order valence-electron chi connectivity index (χ2n) is 15.6. The Hall–Kier alpha value is -2.57. The highest BCUT2D eigenvalue weighted by molar-refractivity contribution is 5.71. The Morgan fingerprint density at radius 1 is 0.481 bits per heavy atom. The van der Waals surface area contributed by atoms with Crippen LogP contribution in [-0.4, -0.2) is 37.3 Å². The van der Waals surface area contributed by atoms with E-state index in [2.05, 4.69) is 19.2 Å². The molecule has 0 bridgehead atoms. The predicted molar refractivity (Wildman–Crippen MR) is 225 cm³/mol. The molecule has 312 valence electrons. The van der Waals surface area contributed by atoms with Crippen molar-refractivity contribution in [3.63, 3.8) is 0 Å². The van der Waals surface area contributed by atoms with Gasteiger partial charge in [0.2, 0.25) is 0 Å². The van der Waals surface area contributed by atoms with Crippen LogP contribution in [0, 0.1) is 0 Å². The summed E-state index contributed by atoms with van der Waals surface area (Å²) in [7, 11) is 0. The highest BCUT2D eigenvalue weighted by Crippen LogP contribution is 2.16. The van der Waals surface area contributed by atoms with Gasteiger partial charge in [-0.25, -0.2) is 4.79 Å². The van der Waals surface area contributed by atoms with Crippen molar-refractivity contribution in [2.75, 3.05) is 13.2 Å². The molecule has 1 amide bonds. The first-order valence-corrected chi connectivity index (χ1v) is 22.8. The van der Waals surface area contributed by atoms with Crippen molar-refractivity contribution in [1.29, 1.82) is 0 Å². The predicted octanol–water partition coefficient (Wildman–Crippen LogP) is 13.9. The third kappa shape index (κ3) is 34.0. The van der Waals surface area contributed by atoms with Crippen LogP contribution >= 0.6 is 0 Å². The van der Waals surface area contributed by atoms with E-state index in [4.69, 9.17) is 14.2 Å². The molecule has 7 heteroatoms. The molecule has 0 heterocycles. The number of ether oxygens (including phenoxy) is 3. The Balaban J connectivity index is 2.22. The topological polar surface area (TPSA) is 90.9 Å². The third-order valence-corrected chi connectivity index (χ3v) is 10.4. The van der Waals surface area contributed by atoms with Crippen molar-refractivity contribution in [3.8, 4) is 0 Å². The number of amides is 1. The number of hydrogen-bond acceptors (Lipinski definition) is 6. The average Bonchev–Trinajstić information content (AvgIpc) is 3.18. The number of benzene rings is 1. The number of alkyl carbamates (subject to hydrolysis) is 1. The van der Waals surface area contributed by atoms with E-state index in [0.717, 1.165) is 44.1 Å². The maximum absolute atomic E-state index is 12.7. The van der Waals surface area contributed by atoms with E-state index in [1.807, 2.05) is 30.3 Å². The summed E-state index contributed by atoms with van der Waals surface area (Å²) in [5.74, 6) is -0.618. The summed E-state index contributed by atoms with van der Waals surface area (Å²) in [5.41, 5.74) is 0.881. The van der Waals surface area contributed by atoms with E-state index >= 15 is 0 Å². The highest BCUT2D eigenvalue weighted by atomic mass is 16.6. The van der Waals surface area contributed by atoms with Gasteiger partial charge in [-0.05, 0) is 18.4 Å². The van der Waals surface area contributed by atoms with Gasteiger partial charge in [-0.1, -0.05) is 224 Å². The number of esters is 2. The van der Waals surface area contributed by atoms with Gasteiger partial charge in [0.1, 0.15) is 13.2 Å². The summed E-state index contributed by atoms with van der Waals surface area (Å²) < 4.78 is 16.5. The molecular weight excluding hydrogens is 675 g/mol. The zero-order valence-electron chi connectivity index (χ0n) is 35.2. The van der Waals surface area contributed by atoms with Crippen LogP contribution in [0.5, 0.6) is 0 Å². The molecule has 0 aliphatic heterocycles. The lowest BCUT2D eigenvalue weighted by Gasteiger charge is -2.19. The van der Waals surface area contributed by atoms with Gasteiger partial charge < -0.3 is 19.5 Å². The van der Waals surface area contributed by atoms with Crippen LogP contribution < -0.4 is 5.32 Å². The van der Waals surface area contributed by atoms with Crippen molar-refractivity contribution >= 4 is 18.0 Å². The Kier molecular flexibility index (Phi) is 35.4. The molecule has 0 fully saturated rings. The fourth-order valence-corrected chi connectivity index (χ4v) is 6.89. The van der Waals surface area contributed by atoms with Gasteiger partial charge in [0, 0.05) is 12.8 Å². The lowest BCUT2D eigenvalue weighted by atomic mass is 10.0. The molecule has 0 saturated carbocycles. The van der Waals surface area contributed by atoms with E-state index in [-0.39, 0.29) is 31.7 Å². The molecule has 7 nitrogen and oxygen atoms in total. The molecule has 0 aliphatic rings. The molecule has 1 atom stereocenters. The van der Waals surface area contributed by atoms with E-state index in [9.17, 15) is 14.4 Å². The van der Waals surface area contributed by atoms with Crippen molar-refractivity contribution in [1.82, 2.24) is 5.32 Å². The molecule has 0 saturated heterocycles. The SMILES string of the molecule is CCCCCCCCCCCCCCCCCC(=O)OCC(CNC(=O)OCc1ccccc1)OC(=O)CCCCCCCCCCCCCCCCC. The van der Waals surface area contributed by atoms with Gasteiger partial charge in [-0.2, -0.15) is 0 Å². The van der Waals surface area contributed by atoms with E-state index < -0.39 is 12.2 Å². The van der Waals surface area contributed by atoms with Crippen LogP contribution in [0.3, 0.4) is 0 Å². The van der Waals surface area contributed by atoms with Gasteiger partial charge in [-0.15, -0.1) is 0 Å². The van der Waals surface area contributed by atoms with Crippen LogP contribution in [0.15, 0.2) is 30.3 Å². The fourth-order valence-electron chi connectivity index (χ4n) is 6.89. The number of nitrogens with one attached hydrogen (secondary N) is 1. The monoisotopic (exact) mass is 758 g/mol. The van der Waals surface area contributed by atoms with E-state index in [1.165, 1.54) is 154 Å². The molecule has 0 spiro atoms. The Labute approximate surface area is 332 Å². The standard InChI is InChI=1S/C47H83NO6/c1-3-5-7-9-11-13-15-17-19-21-23-25-27-29-34-38-45(49)52-42-44(40-48-47(51)53-41-43-36-32-31-33-37-43)54-46(50)39-35-30-28-26-24-22-20-18-16-14-12-10-8-6-4-2/h31-33,36-37,44H,3-30,34-35,38-42H2,1-2H3,(H,48,51). The second kappa shape index (κ2) is 38.7. The molecule has 1 aromatic carbocycles. The quantitative estimate of drug-likeness (QED) is 0.0408. The van der Waals surface area contributed by atoms with Gasteiger partial charge in [0.15, 0.2) is 6.10 Å². The Morgan fingerprint density at radius 2 is 0.852 bits per heavy atom. The smallest absolute Gasteiger partial charge is 0.407 e. The number of unbranched alkanes of at least 4 members (excludes halogenated alkanes) is 28. The minimum atomic E-state index is -0.761. The molecule has 0 radical (unpaired) electrons. The van der Waals surface area contributed by atoms with E-state index in [0.29, 0.717) is 12.8 Å². The summed E-state index contributed by atoms with van der Waals surface area (Å²) >= 11 is 0. The largest absolute Gasteiger partial charge is 0.462 e. The highest BCUT2D eigenvalue weighted by Gasteiger charge is 2.19. The van der Waals surface area contributed by atoms with Crippen LogP contribution in [0.2, 0.25) is 0 Å². The van der Waals surface area contributed by atoms with Gasteiger partial charge in [0.05, 0.1) is 6.54 Å². The summed E-state index contributed by atoms with van der Waals surface area (Å²) in [5, 5.41) is 2.67. The first-order valence-electron chi connectivity index (χ1n) is 22.8. The summed E-state index contributed by atoms with van der Waals surface area (Å²) in [6.07, 6.45) is 37.4. The van der Waals surface area contributed by atoms with Gasteiger partial charge >= 0.3 is 18.0 Å². The first kappa shape index (κ1) is 49.4. The molecule has 0 aliphatic carbocycles. The molecule has 1 rings (SSSR count). The summed E-state index contributed by atoms with van der Waals surface area (Å²) in [4.78, 5) is 37.6. The maximum Gasteiger partial charge on any atom is 0.407 e. The maximum atomic E-state index is 12.7. The van der Waals surface area contributed by atoms with Crippen LogP contribution in [-0.2, 0) is 30.4 Å². The summed E-state index contributed by atoms with van der Waals surface area (Å²) in [6, 6.07) is 9.45. The minimum absolute atomic E-state index is 0.0183. The average molecular weight is 758 g/mol. The van der Waals surface area contributed by atoms with Gasteiger partial charge in [-0.3, -0.25) is 9.59 Å². The van der Waals surface area contributed by atoms with Crippen LogP contribution in [0.4, 0.5) is 4.79 Å². The number of hydrogen-bond donors (Lipinski definition) is 1. The molecule has 54 heavy (non-hydrogen) atoms. The number of rotatable bonds is 39. The third-order valence-electron chi connectivity index (χ3n) is 10.4. The van der Waals surface area contributed by atoms with Crippen LogP contribution in [0.1, 0.15) is 225 Å². The van der Waals surface area contributed by atoms with Crippen LogP contribution in [0.25, 0.3) is 0 Å². The van der Waals surface area contributed by atoms with Crippen molar-refractivity contribution in [3.05, 3.63) is 35.9 Å². The zero-order valence-corrected chi connectivity index (χ0v) is 35.2. The normalized spacial score (nSPS) is 11.7. The molecule has 0 aromatic heterocycles. The molecule has 1 unspecified atom stereocenters. The minimum Gasteiger partial charge on any atom is -0.462 e. The molecular formula is C47H83NO6. The number of carbonyl (C=O) groups excluding carboxylic acids is 3. The number of carbonyl (C=O) groups is 3. The molecule has 1 aromatic rings. The second-order valence-corrected chi connectivity index (χ2v) is 15.6. The molecule has 1 N–H and O–H groups in total. The Bertz CT molecular complexity index is 986. The van der Waals surface area contributed by atoms with Crippen molar-refractivity contribution < 1.29 is 28.6 Å². The van der Waals surface area contributed by atoms with Crippen molar-refractivity contribution in [2.45, 2.75) is 232 Å². The van der Waals surface area contributed by atoms with E-state index in [1.54, 1.807) is 0 Å². The lowest BCUT2D eigenvalue weighted by molar-refractivity contribution is -0.158. The summed E-state index contributed by atoms with van der Waals surface area (Å²) in [6.45, 7) is 4.62. The zero-order chi connectivity index (χ0) is 39.0. The lowest BCUT2D eigenvalue weighted by Crippen LogP contribution is -2.38. The van der Waals surface area contributed by atoms with Crippen molar-refractivity contribution in [2.24, 2.45) is 0 Å². The van der Waals surface area contributed by atoms with Gasteiger partial charge in [0.25, 0.3) is 0 Å². The Morgan fingerprint density at radius 3 is 1.26 bits per heavy atom. The first-order chi connectivity index (χ1) is 26.5.